The SMILES string of the molecule is CCOC(C)CNC1CCCC(C)CC1. The summed E-state index contributed by atoms with van der Waals surface area (Å²) in [6, 6.07) is 0.734. The second-order valence-corrected chi connectivity index (χ2v) is 4.98. The molecule has 1 N–H and O–H groups in total. The van der Waals surface area contributed by atoms with Crippen LogP contribution < -0.4 is 5.32 Å². The molecule has 0 aromatic carbocycles. The van der Waals surface area contributed by atoms with Crippen LogP contribution in [0.1, 0.15) is 52.9 Å². The van der Waals surface area contributed by atoms with Crippen molar-refractivity contribution in [2.24, 2.45) is 5.92 Å². The van der Waals surface area contributed by atoms with Crippen LogP contribution in [0.15, 0.2) is 0 Å². The predicted molar refractivity (Wildman–Crippen MR) is 65.1 cm³/mol. The van der Waals surface area contributed by atoms with Gasteiger partial charge in [0.2, 0.25) is 0 Å². The van der Waals surface area contributed by atoms with E-state index in [0.29, 0.717) is 6.10 Å². The second kappa shape index (κ2) is 7.24. The van der Waals surface area contributed by atoms with Gasteiger partial charge in [0.05, 0.1) is 6.10 Å². The van der Waals surface area contributed by atoms with Gasteiger partial charge in [0.1, 0.15) is 0 Å². The highest BCUT2D eigenvalue weighted by molar-refractivity contribution is 4.74. The Morgan fingerprint density at radius 2 is 2.07 bits per heavy atom. The summed E-state index contributed by atoms with van der Waals surface area (Å²) in [4.78, 5) is 0. The maximum atomic E-state index is 5.52. The first-order valence-electron chi connectivity index (χ1n) is 6.57. The fourth-order valence-corrected chi connectivity index (χ4v) is 2.37. The minimum atomic E-state index is 0.357. The molecule has 2 nitrogen and oxygen atoms in total. The van der Waals surface area contributed by atoms with E-state index in [0.717, 1.165) is 25.1 Å². The average molecular weight is 213 g/mol. The minimum Gasteiger partial charge on any atom is -0.377 e. The van der Waals surface area contributed by atoms with Crippen LogP contribution >= 0.6 is 0 Å². The number of hydrogen-bond donors (Lipinski definition) is 1. The highest BCUT2D eigenvalue weighted by Crippen LogP contribution is 2.22. The lowest BCUT2D eigenvalue weighted by molar-refractivity contribution is 0.0734. The lowest BCUT2D eigenvalue weighted by Gasteiger charge is -2.19. The third kappa shape index (κ3) is 5.53. The number of hydrogen-bond acceptors (Lipinski definition) is 2. The molecule has 1 aliphatic carbocycles. The van der Waals surface area contributed by atoms with E-state index in [1.165, 1.54) is 32.1 Å². The largest absolute Gasteiger partial charge is 0.377 e. The Morgan fingerprint density at radius 1 is 1.27 bits per heavy atom. The lowest BCUT2D eigenvalue weighted by Crippen LogP contribution is -2.35. The van der Waals surface area contributed by atoms with Crippen LogP contribution in [0.2, 0.25) is 0 Å². The topological polar surface area (TPSA) is 21.3 Å². The molecular formula is C13H27NO. The van der Waals surface area contributed by atoms with Gasteiger partial charge in [-0.1, -0.05) is 19.8 Å². The van der Waals surface area contributed by atoms with Gasteiger partial charge in [-0.25, -0.2) is 0 Å². The Kier molecular flexibility index (Phi) is 6.26. The Hall–Kier alpha value is -0.0800. The van der Waals surface area contributed by atoms with Crippen molar-refractivity contribution >= 4 is 0 Å². The van der Waals surface area contributed by atoms with E-state index >= 15 is 0 Å². The van der Waals surface area contributed by atoms with Crippen molar-refractivity contribution in [1.29, 1.82) is 0 Å². The zero-order valence-electron chi connectivity index (χ0n) is 10.6. The normalized spacial score (nSPS) is 29.8. The van der Waals surface area contributed by atoms with Gasteiger partial charge in [0, 0.05) is 19.2 Å². The first kappa shape index (κ1) is 13.0. The standard InChI is InChI=1S/C13H27NO/c1-4-15-12(3)10-14-13-7-5-6-11(2)8-9-13/h11-14H,4-10H2,1-3H3. The zero-order chi connectivity index (χ0) is 11.1. The molecule has 1 fully saturated rings. The summed E-state index contributed by atoms with van der Waals surface area (Å²) in [6.07, 6.45) is 7.25. The third-order valence-electron chi connectivity index (χ3n) is 3.40. The fraction of sp³-hybridized carbons (Fsp3) is 1.00. The van der Waals surface area contributed by atoms with E-state index in [4.69, 9.17) is 4.74 Å². The van der Waals surface area contributed by atoms with Crippen LogP contribution in [0.3, 0.4) is 0 Å². The van der Waals surface area contributed by atoms with Crippen LogP contribution in [-0.2, 0) is 4.74 Å². The molecule has 0 amide bonds. The summed E-state index contributed by atoms with van der Waals surface area (Å²) in [6.45, 7) is 8.42. The van der Waals surface area contributed by atoms with Crippen molar-refractivity contribution in [3.05, 3.63) is 0 Å². The quantitative estimate of drug-likeness (QED) is 0.709. The molecule has 0 radical (unpaired) electrons. The van der Waals surface area contributed by atoms with Crippen molar-refractivity contribution in [3.63, 3.8) is 0 Å². The number of ether oxygens (including phenoxy) is 1. The second-order valence-electron chi connectivity index (χ2n) is 4.98. The Bertz CT molecular complexity index is 161. The smallest absolute Gasteiger partial charge is 0.0671 e. The highest BCUT2D eigenvalue weighted by atomic mass is 16.5. The van der Waals surface area contributed by atoms with Gasteiger partial charge in [0.15, 0.2) is 0 Å². The summed E-state index contributed by atoms with van der Waals surface area (Å²) < 4.78 is 5.52. The van der Waals surface area contributed by atoms with Gasteiger partial charge < -0.3 is 10.1 Å². The van der Waals surface area contributed by atoms with E-state index in [9.17, 15) is 0 Å². The maximum absolute atomic E-state index is 5.52. The van der Waals surface area contributed by atoms with Crippen LogP contribution in [0.25, 0.3) is 0 Å². The summed E-state index contributed by atoms with van der Waals surface area (Å²) in [5, 5.41) is 3.64. The Balaban J connectivity index is 2.14. The molecule has 1 saturated carbocycles. The third-order valence-corrected chi connectivity index (χ3v) is 3.40. The summed E-state index contributed by atoms with van der Waals surface area (Å²) >= 11 is 0. The molecule has 0 heterocycles. The fourth-order valence-electron chi connectivity index (χ4n) is 2.37. The molecule has 1 aliphatic rings. The Morgan fingerprint density at radius 3 is 2.80 bits per heavy atom. The molecule has 0 aromatic rings. The van der Waals surface area contributed by atoms with Crippen LogP contribution in [0, 0.1) is 5.92 Å². The summed E-state index contributed by atoms with van der Waals surface area (Å²) in [7, 11) is 0. The first-order valence-corrected chi connectivity index (χ1v) is 6.57. The van der Waals surface area contributed by atoms with Crippen molar-refractivity contribution < 1.29 is 4.74 Å². The summed E-state index contributed by atoms with van der Waals surface area (Å²) in [5.74, 6) is 0.932. The molecule has 0 aromatic heterocycles. The summed E-state index contributed by atoms with van der Waals surface area (Å²) in [5.41, 5.74) is 0. The van der Waals surface area contributed by atoms with E-state index in [1.807, 2.05) is 0 Å². The van der Waals surface area contributed by atoms with Crippen molar-refractivity contribution in [1.82, 2.24) is 5.32 Å². The zero-order valence-corrected chi connectivity index (χ0v) is 10.6. The predicted octanol–water partition coefficient (Wildman–Crippen LogP) is 2.97. The van der Waals surface area contributed by atoms with E-state index in [1.54, 1.807) is 0 Å². The average Bonchev–Trinajstić information content (AvgIpc) is 2.41. The molecule has 90 valence electrons. The molecule has 3 atom stereocenters. The van der Waals surface area contributed by atoms with Gasteiger partial charge in [-0.2, -0.15) is 0 Å². The molecule has 0 saturated heterocycles. The molecular weight excluding hydrogens is 186 g/mol. The molecule has 0 bridgehead atoms. The molecule has 3 unspecified atom stereocenters. The van der Waals surface area contributed by atoms with Gasteiger partial charge in [-0.15, -0.1) is 0 Å². The van der Waals surface area contributed by atoms with E-state index in [2.05, 4.69) is 26.1 Å². The van der Waals surface area contributed by atoms with Gasteiger partial charge >= 0.3 is 0 Å². The van der Waals surface area contributed by atoms with Crippen molar-refractivity contribution in [2.75, 3.05) is 13.2 Å². The monoisotopic (exact) mass is 213 g/mol. The van der Waals surface area contributed by atoms with Gasteiger partial charge in [-0.05, 0) is 39.0 Å². The molecule has 15 heavy (non-hydrogen) atoms. The van der Waals surface area contributed by atoms with Crippen LogP contribution in [0.4, 0.5) is 0 Å². The van der Waals surface area contributed by atoms with Crippen molar-refractivity contribution in [2.45, 2.75) is 65.0 Å². The van der Waals surface area contributed by atoms with Gasteiger partial charge in [0.25, 0.3) is 0 Å². The molecule has 0 spiro atoms. The van der Waals surface area contributed by atoms with Crippen LogP contribution in [0.5, 0.6) is 0 Å². The molecule has 2 heteroatoms. The highest BCUT2D eigenvalue weighted by Gasteiger charge is 2.16. The van der Waals surface area contributed by atoms with Gasteiger partial charge in [-0.3, -0.25) is 0 Å². The Labute approximate surface area is 94.8 Å². The number of rotatable bonds is 5. The lowest BCUT2D eigenvalue weighted by atomic mass is 10.0. The van der Waals surface area contributed by atoms with E-state index in [-0.39, 0.29) is 0 Å². The molecule has 0 aliphatic heterocycles. The van der Waals surface area contributed by atoms with Crippen LogP contribution in [-0.4, -0.2) is 25.3 Å². The number of nitrogens with one attached hydrogen (secondary N) is 1. The molecule has 1 rings (SSSR count). The maximum Gasteiger partial charge on any atom is 0.0671 e. The minimum absolute atomic E-state index is 0.357. The first-order chi connectivity index (χ1) is 7.22. The van der Waals surface area contributed by atoms with E-state index < -0.39 is 0 Å². The van der Waals surface area contributed by atoms with Crippen molar-refractivity contribution in [3.8, 4) is 0 Å².